The minimum absolute atomic E-state index is 0.0906. The first-order chi connectivity index (χ1) is 9.63. The van der Waals surface area contributed by atoms with E-state index >= 15 is 0 Å². The van der Waals surface area contributed by atoms with Crippen LogP contribution in [0.2, 0.25) is 0 Å². The second-order valence-corrected chi connectivity index (χ2v) is 4.51. The molecule has 1 aromatic carbocycles. The van der Waals surface area contributed by atoms with E-state index in [0.29, 0.717) is 6.61 Å². The molecule has 1 aliphatic heterocycles. The van der Waals surface area contributed by atoms with Gasteiger partial charge in [-0.05, 0) is 17.5 Å². The Labute approximate surface area is 116 Å². The fourth-order valence-electron chi connectivity index (χ4n) is 2.17. The van der Waals surface area contributed by atoms with Crippen LogP contribution in [0, 0.1) is 0 Å². The van der Waals surface area contributed by atoms with Crippen molar-refractivity contribution in [1.29, 1.82) is 0 Å². The molecular formula is C14H17NO5. The van der Waals surface area contributed by atoms with Crippen molar-refractivity contribution >= 4 is 11.9 Å². The van der Waals surface area contributed by atoms with Crippen LogP contribution in [0.3, 0.4) is 0 Å². The zero-order chi connectivity index (χ0) is 14.5. The van der Waals surface area contributed by atoms with Crippen molar-refractivity contribution in [3.63, 3.8) is 0 Å². The van der Waals surface area contributed by atoms with Crippen molar-refractivity contribution in [2.75, 3.05) is 20.3 Å². The highest BCUT2D eigenvalue weighted by Crippen LogP contribution is 2.26. The van der Waals surface area contributed by atoms with Crippen LogP contribution in [-0.2, 0) is 25.5 Å². The number of hydrogen-bond acceptors (Lipinski definition) is 4. The number of carbonyl (C=O) groups excluding carboxylic acids is 1. The highest BCUT2D eigenvalue weighted by molar-refractivity contribution is 5.83. The Morgan fingerprint density at radius 2 is 2.25 bits per heavy atom. The SMILES string of the molecule is COC(CNC(=O)C1OCCc2ccccc21)C(=O)O. The normalized spacial score (nSPS) is 18.9. The number of benzene rings is 1. The Balaban J connectivity index is 2.02. The number of hydrogen-bond donors (Lipinski definition) is 2. The summed E-state index contributed by atoms with van der Waals surface area (Å²) in [6.07, 6.45) is -0.973. The Bertz CT molecular complexity index is 502. The Kier molecular flexibility index (Phi) is 4.70. The average Bonchev–Trinajstić information content (AvgIpc) is 2.46. The third kappa shape index (κ3) is 3.15. The summed E-state index contributed by atoms with van der Waals surface area (Å²) in [7, 11) is 1.29. The zero-order valence-corrected chi connectivity index (χ0v) is 11.2. The second-order valence-electron chi connectivity index (χ2n) is 4.51. The highest BCUT2D eigenvalue weighted by Gasteiger charge is 2.28. The summed E-state index contributed by atoms with van der Waals surface area (Å²) in [5.74, 6) is -1.46. The highest BCUT2D eigenvalue weighted by atomic mass is 16.5. The zero-order valence-electron chi connectivity index (χ0n) is 11.2. The van der Waals surface area contributed by atoms with Crippen molar-refractivity contribution in [2.45, 2.75) is 18.6 Å². The quantitative estimate of drug-likeness (QED) is 0.820. The smallest absolute Gasteiger partial charge is 0.334 e. The van der Waals surface area contributed by atoms with E-state index in [2.05, 4.69) is 5.32 Å². The topological polar surface area (TPSA) is 84.9 Å². The van der Waals surface area contributed by atoms with E-state index in [9.17, 15) is 9.59 Å². The molecule has 6 heteroatoms. The molecule has 2 atom stereocenters. The maximum atomic E-state index is 12.1. The van der Waals surface area contributed by atoms with Crippen LogP contribution in [0.25, 0.3) is 0 Å². The van der Waals surface area contributed by atoms with Gasteiger partial charge in [0.2, 0.25) is 0 Å². The van der Waals surface area contributed by atoms with Crippen LogP contribution >= 0.6 is 0 Å². The molecule has 6 nitrogen and oxygen atoms in total. The predicted octanol–water partition coefficient (Wildman–Crippen LogP) is 0.516. The molecule has 0 fully saturated rings. The third-order valence-corrected chi connectivity index (χ3v) is 3.25. The van der Waals surface area contributed by atoms with Crippen LogP contribution in [0.4, 0.5) is 0 Å². The summed E-state index contributed by atoms with van der Waals surface area (Å²) in [5.41, 5.74) is 1.92. The van der Waals surface area contributed by atoms with Crippen molar-refractivity contribution in [2.24, 2.45) is 0 Å². The maximum absolute atomic E-state index is 12.1. The van der Waals surface area contributed by atoms with Gasteiger partial charge in [0, 0.05) is 7.11 Å². The second kappa shape index (κ2) is 6.49. The molecule has 0 saturated heterocycles. The van der Waals surface area contributed by atoms with Crippen molar-refractivity contribution < 1.29 is 24.2 Å². The summed E-state index contributed by atoms with van der Waals surface area (Å²) >= 11 is 0. The molecule has 0 saturated carbocycles. The number of rotatable bonds is 5. The van der Waals surface area contributed by atoms with Gasteiger partial charge in [-0.2, -0.15) is 0 Å². The van der Waals surface area contributed by atoms with Crippen molar-refractivity contribution in [1.82, 2.24) is 5.32 Å². The molecule has 108 valence electrons. The monoisotopic (exact) mass is 279 g/mol. The Morgan fingerprint density at radius 1 is 1.50 bits per heavy atom. The minimum Gasteiger partial charge on any atom is -0.479 e. The molecular weight excluding hydrogens is 262 g/mol. The van der Waals surface area contributed by atoms with Gasteiger partial charge in [0.05, 0.1) is 13.2 Å². The molecule has 0 aliphatic carbocycles. The largest absolute Gasteiger partial charge is 0.479 e. The van der Waals surface area contributed by atoms with Gasteiger partial charge in [-0.15, -0.1) is 0 Å². The van der Waals surface area contributed by atoms with Gasteiger partial charge in [-0.3, -0.25) is 4.79 Å². The summed E-state index contributed by atoms with van der Waals surface area (Å²) in [4.78, 5) is 22.9. The molecule has 2 unspecified atom stereocenters. The number of methoxy groups -OCH3 is 1. The minimum atomic E-state index is -1.11. The van der Waals surface area contributed by atoms with Gasteiger partial charge < -0.3 is 19.9 Å². The first-order valence-electron chi connectivity index (χ1n) is 6.36. The van der Waals surface area contributed by atoms with Gasteiger partial charge >= 0.3 is 5.97 Å². The Hall–Kier alpha value is -1.92. The number of aliphatic carboxylic acids is 1. The van der Waals surface area contributed by atoms with Crippen LogP contribution in [0.15, 0.2) is 24.3 Å². The molecule has 2 N–H and O–H groups in total. The number of ether oxygens (including phenoxy) is 2. The van der Waals surface area contributed by atoms with Crippen LogP contribution < -0.4 is 5.32 Å². The van der Waals surface area contributed by atoms with Crippen molar-refractivity contribution in [3.8, 4) is 0 Å². The van der Waals surface area contributed by atoms with E-state index < -0.39 is 18.2 Å². The predicted molar refractivity (Wildman–Crippen MR) is 70.3 cm³/mol. The molecule has 0 bridgehead atoms. The molecule has 1 amide bonds. The van der Waals surface area contributed by atoms with E-state index in [0.717, 1.165) is 17.5 Å². The molecule has 2 rings (SSSR count). The summed E-state index contributed by atoms with van der Waals surface area (Å²) in [5, 5.41) is 11.4. The molecule has 0 aromatic heterocycles. The van der Waals surface area contributed by atoms with Gasteiger partial charge in [0.25, 0.3) is 5.91 Å². The molecule has 1 aliphatic rings. The van der Waals surface area contributed by atoms with Crippen LogP contribution in [0.1, 0.15) is 17.2 Å². The number of nitrogens with one attached hydrogen (secondary N) is 1. The fourth-order valence-corrected chi connectivity index (χ4v) is 2.17. The van der Waals surface area contributed by atoms with Gasteiger partial charge in [0.15, 0.2) is 12.2 Å². The molecule has 0 radical (unpaired) electrons. The number of fused-ring (bicyclic) bond motifs is 1. The van der Waals surface area contributed by atoms with Gasteiger partial charge in [-0.1, -0.05) is 24.3 Å². The number of carboxylic acid groups (broad SMARTS) is 1. The standard InChI is InChI=1S/C14H17NO5/c1-19-11(14(17)18)8-15-13(16)12-10-5-3-2-4-9(10)6-7-20-12/h2-5,11-12H,6-8H2,1H3,(H,15,16)(H,17,18). The first kappa shape index (κ1) is 14.5. The van der Waals surface area contributed by atoms with Gasteiger partial charge in [0.1, 0.15) is 0 Å². The first-order valence-corrected chi connectivity index (χ1v) is 6.36. The lowest BCUT2D eigenvalue weighted by molar-refractivity contribution is -0.148. The van der Waals surface area contributed by atoms with Crippen LogP contribution in [-0.4, -0.2) is 43.3 Å². The summed E-state index contributed by atoms with van der Waals surface area (Å²) in [6, 6.07) is 7.59. The molecule has 20 heavy (non-hydrogen) atoms. The van der Waals surface area contributed by atoms with Gasteiger partial charge in [-0.25, -0.2) is 4.79 Å². The number of carboxylic acids is 1. The average molecular weight is 279 g/mol. The summed E-state index contributed by atoms with van der Waals surface area (Å²) < 4.78 is 10.3. The third-order valence-electron chi connectivity index (χ3n) is 3.25. The molecule has 1 aromatic rings. The lowest BCUT2D eigenvalue weighted by atomic mass is 9.97. The Morgan fingerprint density at radius 3 is 2.95 bits per heavy atom. The molecule has 0 spiro atoms. The fraction of sp³-hybridized carbons (Fsp3) is 0.429. The maximum Gasteiger partial charge on any atom is 0.334 e. The summed E-state index contributed by atoms with van der Waals surface area (Å²) in [6.45, 7) is 0.383. The number of carbonyl (C=O) groups is 2. The van der Waals surface area contributed by atoms with E-state index in [1.54, 1.807) is 0 Å². The molecule has 1 heterocycles. The number of amides is 1. The lowest BCUT2D eigenvalue weighted by Crippen LogP contribution is -2.41. The van der Waals surface area contributed by atoms with E-state index in [-0.39, 0.29) is 12.5 Å². The lowest BCUT2D eigenvalue weighted by Gasteiger charge is -2.25. The van der Waals surface area contributed by atoms with E-state index in [1.807, 2.05) is 24.3 Å². The van der Waals surface area contributed by atoms with E-state index in [1.165, 1.54) is 7.11 Å². The van der Waals surface area contributed by atoms with E-state index in [4.69, 9.17) is 14.6 Å². The van der Waals surface area contributed by atoms with Crippen LogP contribution in [0.5, 0.6) is 0 Å². The van der Waals surface area contributed by atoms with Crippen molar-refractivity contribution in [3.05, 3.63) is 35.4 Å².